The van der Waals surface area contributed by atoms with Gasteiger partial charge in [-0.05, 0) is 50.0 Å². The topological polar surface area (TPSA) is 67.6 Å². The summed E-state index contributed by atoms with van der Waals surface area (Å²) in [5.41, 5.74) is 6.04. The van der Waals surface area contributed by atoms with Gasteiger partial charge in [-0.25, -0.2) is 4.79 Å². The third-order valence-electron chi connectivity index (χ3n) is 3.73. The van der Waals surface area contributed by atoms with Crippen molar-refractivity contribution in [1.82, 2.24) is 10.2 Å². The summed E-state index contributed by atoms with van der Waals surface area (Å²) >= 11 is 0. The summed E-state index contributed by atoms with van der Waals surface area (Å²) in [6.45, 7) is 4.80. The number of nitrogens with two attached hydrogens (primary N) is 1. The van der Waals surface area contributed by atoms with Gasteiger partial charge in [0.05, 0.1) is 6.61 Å². The molecule has 21 heavy (non-hydrogen) atoms. The number of carbonyl (C=O) groups excluding carboxylic acids is 1. The van der Waals surface area contributed by atoms with Gasteiger partial charge in [-0.3, -0.25) is 0 Å². The summed E-state index contributed by atoms with van der Waals surface area (Å²) < 4.78 is 5.74. The molecule has 0 atom stereocenters. The zero-order chi connectivity index (χ0) is 14.9. The lowest BCUT2D eigenvalue weighted by Gasteiger charge is -2.26. The summed E-state index contributed by atoms with van der Waals surface area (Å²) in [4.78, 5) is 13.1. The van der Waals surface area contributed by atoms with E-state index in [1.54, 1.807) is 0 Å². The molecule has 0 aliphatic carbocycles. The molecule has 3 N–H and O–H groups in total. The van der Waals surface area contributed by atoms with Crippen LogP contribution in [-0.2, 0) is 6.54 Å². The van der Waals surface area contributed by atoms with Gasteiger partial charge in [-0.1, -0.05) is 18.6 Å². The molecule has 1 saturated heterocycles. The number of piperidine rings is 1. The maximum Gasteiger partial charge on any atom is 0.312 e. The Kier molecular flexibility index (Phi) is 6.34. The van der Waals surface area contributed by atoms with Gasteiger partial charge in [0.2, 0.25) is 0 Å². The second-order valence-electron chi connectivity index (χ2n) is 5.47. The van der Waals surface area contributed by atoms with Crippen molar-refractivity contribution in [2.24, 2.45) is 5.73 Å². The molecule has 2 rings (SSSR count). The van der Waals surface area contributed by atoms with Gasteiger partial charge in [0, 0.05) is 13.1 Å². The van der Waals surface area contributed by atoms with Crippen molar-refractivity contribution in [3.63, 3.8) is 0 Å². The minimum absolute atomic E-state index is 0.449. The number of benzene rings is 1. The van der Waals surface area contributed by atoms with Crippen LogP contribution in [0.1, 0.15) is 31.2 Å². The van der Waals surface area contributed by atoms with Gasteiger partial charge >= 0.3 is 6.03 Å². The average Bonchev–Trinajstić information content (AvgIpc) is 2.52. The van der Waals surface area contributed by atoms with Crippen molar-refractivity contribution in [3.8, 4) is 5.75 Å². The minimum Gasteiger partial charge on any atom is -0.494 e. The maximum absolute atomic E-state index is 10.6. The molecule has 2 amide bonds. The highest BCUT2D eigenvalue weighted by atomic mass is 16.5. The number of hydrogen-bond acceptors (Lipinski definition) is 3. The molecular formula is C16H25N3O2. The van der Waals surface area contributed by atoms with E-state index in [0.29, 0.717) is 6.54 Å². The number of urea groups is 1. The number of rotatable bonds is 7. The zero-order valence-electron chi connectivity index (χ0n) is 12.5. The number of nitrogens with one attached hydrogen (secondary N) is 1. The number of primary amides is 1. The second-order valence-corrected chi connectivity index (χ2v) is 5.47. The van der Waals surface area contributed by atoms with Crippen LogP contribution in [-0.4, -0.2) is 37.2 Å². The number of likely N-dealkylation sites (tertiary alicyclic amines) is 1. The molecule has 0 aromatic heterocycles. The van der Waals surface area contributed by atoms with Crippen molar-refractivity contribution in [2.75, 3.05) is 26.2 Å². The van der Waals surface area contributed by atoms with Crippen LogP contribution in [0.3, 0.4) is 0 Å². The first-order valence-corrected chi connectivity index (χ1v) is 7.71. The van der Waals surface area contributed by atoms with Crippen LogP contribution in [0.5, 0.6) is 5.75 Å². The molecule has 5 nitrogen and oxygen atoms in total. The molecule has 1 aromatic carbocycles. The van der Waals surface area contributed by atoms with E-state index in [1.807, 2.05) is 24.3 Å². The highest BCUT2D eigenvalue weighted by molar-refractivity contribution is 5.71. The molecule has 1 aliphatic heterocycles. The third-order valence-corrected chi connectivity index (χ3v) is 3.73. The van der Waals surface area contributed by atoms with Crippen LogP contribution in [0.4, 0.5) is 4.79 Å². The SMILES string of the molecule is NC(=O)NCc1ccc(OCCCN2CCCCC2)cc1. The lowest BCUT2D eigenvalue weighted by Crippen LogP contribution is -2.31. The first-order valence-electron chi connectivity index (χ1n) is 7.71. The van der Waals surface area contributed by atoms with Crippen molar-refractivity contribution in [3.05, 3.63) is 29.8 Å². The fraction of sp³-hybridized carbons (Fsp3) is 0.562. The molecule has 0 bridgehead atoms. The van der Waals surface area contributed by atoms with E-state index >= 15 is 0 Å². The molecule has 0 unspecified atom stereocenters. The van der Waals surface area contributed by atoms with E-state index in [4.69, 9.17) is 10.5 Å². The van der Waals surface area contributed by atoms with Crippen LogP contribution in [0.2, 0.25) is 0 Å². The summed E-state index contributed by atoms with van der Waals surface area (Å²) in [5.74, 6) is 0.872. The van der Waals surface area contributed by atoms with Crippen molar-refractivity contribution < 1.29 is 9.53 Å². The lowest BCUT2D eigenvalue weighted by atomic mass is 10.1. The fourth-order valence-electron chi connectivity index (χ4n) is 2.55. The predicted molar refractivity (Wildman–Crippen MR) is 83.3 cm³/mol. The Labute approximate surface area is 126 Å². The van der Waals surface area contributed by atoms with Gasteiger partial charge in [-0.2, -0.15) is 0 Å². The highest BCUT2D eigenvalue weighted by Gasteiger charge is 2.08. The van der Waals surface area contributed by atoms with Crippen molar-refractivity contribution in [1.29, 1.82) is 0 Å². The largest absolute Gasteiger partial charge is 0.494 e. The van der Waals surface area contributed by atoms with Crippen LogP contribution in [0.25, 0.3) is 0 Å². The Bertz CT molecular complexity index is 428. The summed E-state index contributed by atoms with van der Waals surface area (Å²) in [7, 11) is 0. The summed E-state index contributed by atoms with van der Waals surface area (Å²) in [5, 5.41) is 2.56. The van der Waals surface area contributed by atoms with Gasteiger partial charge in [-0.15, -0.1) is 0 Å². The van der Waals surface area contributed by atoms with E-state index in [2.05, 4.69) is 10.2 Å². The molecule has 0 radical (unpaired) electrons. The van der Waals surface area contributed by atoms with Crippen LogP contribution in [0.15, 0.2) is 24.3 Å². The molecule has 1 aromatic rings. The van der Waals surface area contributed by atoms with Gasteiger partial charge in [0.15, 0.2) is 0 Å². The van der Waals surface area contributed by atoms with E-state index < -0.39 is 6.03 Å². The first kappa shape index (κ1) is 15.6. The summed E-state index contributed by atoms with van der Waals surface area (Å²) in [6, 6.07) is 7.23. The smallest absolute Gasteiger partial charge is 0.312 e. The van der Waals surface area contributed by atoms with E-state index in [9.17, 15) is 4.79 Å². The number of amides is 2. The average molecular weight is 291 g/mol. The Balaban J connectivity index is 1.62. The number of carbonyl (C=O) groups is 1. The van der Waals surface area contributed by atoms with Gasteiger partial charge in [0.1, 0.15) is 5.75 Å². The van der Waals surface area contributed by atoms with E-state index in [1.165, 1.54) is 32.4 Å². The van der Waals surface area contributed by atoms with Crippen LogP contribution in [0, 0.1) is 0 Å². The Hall–Kier alpha value is -1.75. The normalized spacial score (nSPS) is 15.6. The fourth-order valence-corrected chi connectivity index (χ4v) is 2.55. The number of hydrogen-bond donors (Lipinski definition) is 2. The monoisotopic (exact) mass is 291 g/mol. The molecule has 116 valence electrons. The summed E-state index contributed by atoms with van der Waals surface area (Å²) in [6.07, 6.45) is 5.11. The van der Waals surface area contributed by atoms with Crippen molar-refractivity contribution in [2.45, 2.75) is 32.2 Å². The minimum atomic E-state index is -0.506. The quantitative estimate of drug-likeness (QED) is 0.756. The number of ether oxygens (including phenoxy) is 1. The molecule has 5 heteroatoms. The molecule has 0 saturated carbocycles. The van der Waals surface area contributed by atoms with Crippen LogP contribution >= 0.6 is 0 Å². The lowest BCUT2D eigenvalue weighted by molar-refractivity contribution is 0.205. The molecular weight excluding hydrogens is 266 g/mol. The predicted octanol–water partition coefficient (Wildman–Crippen LogP) is 2.11. The first-order chi connectivity index (χ1) is 10.2. The molecule has 0 spiro atoms. The molecule has 1 aliphatic rings. The Morgan fingerprint density at radius 1 is 1.19 bits per heavy atom. The third kappa shape index (κ3) is 6.04. The highest BCUT2D eigenvalue weighted by Crippen LogP contribution is 2.13. The van der Waals surface area contributed by atoms with E-state index in [-0.39, 0.29) is 0 Å². The second kappa shape index (κ2) is 8.52. The standard InChI is InChI=1S/C16H25N3O2/c17-16(20)18-13-14-5-7-15(8-6-14)21-12-4-11-19-9-2-1-3-10-19/h5-8H,1-4,9-13H2,(H3,17,18,20). The van der Waals surface area contributed by atoms with Crippen molar-refractivity contribution >= 4 is 6.03 Å². The van der Waals surface area contributed by atoms with Gasteiger partial charge in [0.25, 0.3) is 0 Å². The molecule has 1 heterocycles. The van der Waals surface area contributed by atoms with E-state index in [0.717, 1.165) is 30.9 Å². The van der Waals surface area contributed by atoms with Crippen LogP contribution < -0.4 is 15.8 Å². The maximum atomic E-state index is 10.6. The Morgan fingerprint density at radius 2 is 1.90 bits per heavy atom. The zero-order valence-corrected chi connectivity index (χ0v) is 12.5. The number of nitrogens with zero attached hydrogens (tertiary/aromatic N) is 1. The molecule has 1 fully saturated rings. The van der Waals surface area contributed by atoms with Gasteiger partial charge < -0.3 is 20.7 Å². The Morgan fingerprint density at radius 3 is 2.57 bits per heavy atom.